The number of carbonyl (C=O) groups is 1. The van der Waals surface area contributed by atoms with Gasteiger partial charge in [0, 0.05) is 5.56 Å². The van der Waals surface area contributed by atoms with E-state index in [4.69, 9.17) is 13.9 Å². The normalized spacial score (nSPS) is 11.4. The maximum Gasteiger partial charge on any atom is 0.322 e. The van der Waals surface area contributed by atoms with Crippen molar-refractivity contribution in [3.63, 3.8) is 0 Å². The van der Waals surface area contributed by atoms with E-state index in [1.807, 2.05) is 0 Å². The number of nitrogens with one attached hydrogen (secondary N) is 1. The van der Waals surface area contributed by atoms with Gasteiger partial charge < -0.3 is 13.9 Å². The van der Waals surface area contributed by atoms with Crippen LogP contribution in [0.15, 0.2) is 51.8 Å². The van der Waals surface area contributed by atoms with Gasteiger partial charge in [0.25, 0.3) is 5.91 Å². The highest BCUT2D eigenvalue weighted by Gasteiger charge is 2.22. The number of hydrogen-bond acceptors (Lipinski definition) is 8. The van der Waals surface area contributed by atoms with Crippen LogP contribution in [0, 0.1) is 0 Å². The Bertz CT molecular complexity index is 1170. The molecule has 0 aliphatic heterocycles. The molecule has 1 N–H and O–H groups in total. The summed E-state index contributed by atoms with van der Waals surface area (Å²) in [6.07, 6.45) is 0. The Hall–Kier alpha value is -3.40. The second-order valence-electron chi connectivity index (χ2n) is 6.53. The van der Waals surface area contributed by atoms with Crippen LogP contribution in [0.5, 0.6) is 11.5 Å². The van der Waals surface area contributed by atoms with Crippen molar-refractivity contribution in [2.45, 2.75) is 24.0 Å². The minimum absolute atomic E-state index is 0.0729. The Morgan fingerprint density at radius 3 is 2.47 bits per heavy atom. The number of methoxy groups -OCH3 is 2. The van der Waals surface area contributed by atoms with Crippen LogP contribution in [0.2, 0.25) is 0 Å². The maximum absolute atomic E-state index is 12.6. The highest BCUT2D eigenvalue weighted by molar-refractivity contribution is 7.92. The first-order valence-corrected chi connectivity index (χ1v) is 10.5. The predicted molar refractivity (Wildman–Crippen MR) is 110 cm³/mol. The average Bonchev–Trinajstić information content (AvgIpc) is 3.21. The van der Waals surface area contributed by atoms with Crippen LogP contribution in [0.4, 0.5) is 6.01 Å². The molecule has 0 saturated heterocycles. The molecule has 10 heteroatoms. The minimum Gasteiger partial charge on any atom is -0.493 e. The van der Waals surface area contributed by atoms with Gasteiger partial charge in [-0.1, -0.05) is 17.2 Å². The number of sulfone groups is 1. The van der Waals surface area contributed by atoms with Gasteiger partial charge in [0.1, 0.15) is 0 Å². The highest BCUT2D eigenvalue weighted by atomic mass is 32.2. The fourth-order valence-corrected chi connectivity index (χ4v) is 3.80. The monoisotopic (exact) mass is 431 g/mol. The van der Waals surface area contributed by atoms with E-state index in [1.54, 1.807) is 44.2 Å². The number of nitrogens with zero attached hydrogens (tertiary/aromatic N) is 2. The molecule has 0 unspecified atom stereocenters. The molecule has 0 fully saturated rings. The van der Waals surface area contributed by atoms with Crippen LogP contribution in [-0.2, 0) is 9.84 Å². The van der Waals surface area contributed by atoms with Gasteiger partial charge in [-0.15, -0.1) is 5.10 Å². The number of ether oxygens (including phenoxy) is 2. The number of aromatic nitrogens is 2. The van der Waals surface area contributed by atoms with Crippen molar-refractivity contribution in [2.24, 2.45) is 0 Å². The van der Waals surface area contributed by atoms with Gasteiger partial charge in [-0.2, -0.15) is 0 Å². The summed E-state index contributed by atoms with van der Waals surface area (Å²) in [6.45, 7) is 3.21. The molecule has 0 saturated carbocycles. The van der Waals surface area contributed by atoms with Crippen molar-refractivity contribution >= 4 is 21.8 Å². The third-order valence-electron chi connectivity index (χ3n) is 4.32. The van der Waals surface area contributed by atoms with E-state index in [0.29, 0.717) is 11.3 Å². The van der Waals surface area contributed by atoms with Gasteiger partial charge >= 0.3 is 6.01 Å². The first-order valence-electron chi connectivity index (χ1n) is 8.98. The topological polar surface area (TPSA) is 121 Å². The molecule has 0 spiro atoms. The smallest absolute Gasteiger partial charge is 0.322 e. The summed E-state index contributed by atoms with van der Waals surface area (Å²) >= 11 is 0. The number of amides is 1. The average molecular weight is 431 g/mol. The number of carbonyl (C=O) groups excluding carboxylic acids is 1. The summed E-state index contributed by atoms with van der Waals surface area (Å²) in [5.41, 5.74) is 0.644. The van der Waals surface area contributed by atoms with E-state index in [1.165, 1.54) is 26.4 Å². The lowest BCUT2D eigenvalue weighted by atomic mass is 10.1. The zero-order chi connectivity index (χ0) is 21.9. The zero-order valence-corrected chi connectivity index (χ0v) is 17.7. The first-order chi connectivity index (χ1) is 14.3. The van der Waals surface area contributed by atoms with Crippen LogP contribution in [0.3, 0.4) is 0 Å². The summed E-state index contributed by atoms with van der Waals surface area (Å²) in [7, 11) is -0.557. The van der Waals surface area contributed by atoms with E-state index in [2.05, 4.69) is 15.5 Å². The number of anilines is 1. The fourth-order valence-electron chi connectivity index (χ4n) is 2.70. The molecule has 0 bridgehead atoms. The number of para-hydroxylation sites is 1. The van der Waals surface area contributed by atoms with E-state index < -0.39 is 21.0 Å². The van der Waals surface area contributed by atoms with Crippen LogP contribution < -0.4 is 14.8 Å². The van der Waals surface area contributed by atoms with Crippen molar-refractivity contribution in [1.82, 2.24) is 10.2 Å². The molecule has 1 amide bonds. The molecule has 3 rings (SSSR count). The molecule has 0 radical (unpaired) electrons. The number of hydrogen-bond donors (Lipinski definition) is 1. The quantitative estimate of drug-likeness (QED) is 0.605. The third kappa shape index (κ3) is 4.13. The standard InChI is InChI=1S/C20H21N3O6S/c1-12(2)30(25,26)14-8-5-7-13(11-14)19-22-23-20(29-19)21-18(24)15-9-6-10-16(27-3)17(15)28-4/h5-12H,1-4H3,(H,21,23,24). The summed E-state index contributed by atoms with van der Waals surface area (Å²) in [4.78, 5) is 12.8. The molecule has 2 aromatic carbocycles. The molecular formula is C20H21N3O6S. The van der Waals surface area contributed by atoms with E-state index in [-0.39, 0.29) is 28.1 Å². The molecule has 0 aliphatic rings. The Balaban J connectivity index is 1.86. The maximum atomic E-state index is 12.6. The second-order valence-corrected chi connectivity index (χ2v) is 9.03. The van der Waals surface area contributed by atoms with Crippen molar-refractivity contribution in [3.05, 3.63) is 48.0 Å². The Labute approximate surface area is 174 Å². The van der Waals surface area contributed by atoms with Crippen molar-refractivity contribution < 1.29 is 27.1 Å². The van der Waals surface area contributed by atoms with Crippen LogP contribution in [0.1, 0.15) is 24.2 Å². The van der Waals surface area contributed by atoms with E-state index in [0.717, 1.165) is 0 Å². The summed E-state index contributed by atoms with van der Waals surface area (Å²) in [5, 5.41) is 9.65. The van der Waals surface area contributed by atoms with Crippen molar-refractivity contribution in [3.8, 4) is 23.0 Å². The Kier molecular flexibility index (Phi) is 6.06. The highest BCUT2D eigenvalue weighted by Crippen LogP contribution is 2.31. The lowest BCUT2D eigenvalue weighted by Gasteiger charge is -2.11. The zero-order valence-electron chi connectivity index (χ0n) is 16.9. The molecular weight excluding hydrogens is 410 g/mol. The summed E-state index contributed by atoms with van der Waals surface area (Å²) in [5.74, 6) is 0.212. The Morgan fingerprint density at radius 1 is 1.07 bits per heavy atom. The van der Waals surface area contributed by atoms with E-state index in [9.17, 15) is 13.2 Å². The lowest BCUT2D eigenvalue weighted by Crippen LogP contribution is -2.14. The van der Waals surface area contributed by atoms with Gasteiger partial charge in [0.15, 0.2) is 21.3 Å². The van der Waals surface area contributed by atoms with Crippen LogP contribution >= 0.6 is 0 Å². The molecule has 9 nitrogen and oxygen atoms in total. The largest absolute Gasteiger partial charge is 0.493 e. The Morgan fingerprint density at radius 2 is 1.80 bits per heavy atom. The van der Waals surface area contributed by atoms with Crippen molar-refractivity contribution in [1.29, 1.82) is 0 Å². The van der Waals surface area contributed by atoms with Crippen LogP contribution in [-0.4, -0.2) is 44.0 Å². The van der Waals surface area contributed by atoms with Crippen molar-refractivity contribution in [2.75, 3.05) is 19.5 Å². The SMILES string of the molecule is COc1cccc(C(=O)Nc2nnc(-c3cccc(S(=O)(=O)C(C)C)c3)o2)c1OC. The number of benzene rings is 2. The van der Waals surface area contributed by atoms with Gasteiger partial charge in [0.2, 0.25) is 5.89 Å². The van der Waals surface area contributed by atoms with Gasteiger partial charge in [-0.3, -0.25) is 10.1 Å². The predicted octanol–water partition coefficient (Wildman–Crippen LogP) is 3.19. The lowest BCUT2D eigenvalue weighted by molar-refractivity contribution is 0.102. The van der Waals surface area contributed by atoms with Gasteiger partial charge in [0.05, 0.1) is 29.9 Å². The molecule has 1 heterocycles. The molecule has 0 aliphatic carbocycles. The third-order valence-corrected chi connectivity index (χ3v) is 6.48. The van der Waals surface area contributed by atoms with Gasteiger partial charge in [-0.05, 0) is 44.2 Å². The number of rotatable bonds is 7. The molecule has 158 valence electrons. The summed E-state index contributed by atoms with van der Waals surface area (Å²) < 4.78 is 40.7. The molecule has 3 aromatic rings. The molecule has 1 aromatic heterocycles. The summed E-state index contributed by atoms with van der Waals surface area (Å²) in [6, 6.07) is 10.9. The first kappa shape index (κ1) is 21.3. The molecule has 0 atom stereocenters. The molecule has 30 heavy (non-hydrogen) atoms. The minimum atomic E-state index is -3.46. The van der Waals surface area contributed by atoms with Crippen LogP contribution in [0.25, 0.3) is 11.5 Å². The second kappa shape index (κ2) is 8.54. The van der Waals surface area contributed by atoms with Gasteiger partial charge in [-0.25, -0.2) is 8.42 Å². The van der Waals surface area contributed by atoms with E-state index >= 15 is 0 Å². The fraction of sp³-hybridized carbons (Fsp3) is 0.250.